The van der Waals surface area contributed by atoms with E-state index in [1.807, 2.05) is 0 Å². The number of hydrogen-bond donors (Lipinski definition) is 2. The molecule has 2 aliphatic rings. The van der Waals surface area contributed by atoms with Crippen LogP contribution in [0.2, 0.25) is 5.02 Å². The van der Waals surface area contributed by atoms with Gasteiger partial charge in [0.05, 0.1) is 26.2 Å². The summed E-state index contributed by atoms with van der Waals surface area (Å²) in [5, 5.41) is 3.37. The Hall–Kier alpha value is -2.75. The Morgan fingerprint density at radius 3 is 2.68 bits per heavy atom. The molecule has 0 spiro atoms. The normalized spacial score (nSPS) is 15.8. The number of alkyl halides is 6. The first-order valence-corrected chi connectivity index (χ1v) is 13.0. The Bertz CT molecular complexity index is 1370. The van der Waals surface area contributed by atoms with Crippen molar-refractivity contribution in [2.75, 3.05) is 25.0 Å². The number of anilines is 2. The van der Waals surface area contributed by atoms with Crippen molar-refractivity contribution in [3.05, 3.63) is 46.1 Å². The van der Waals surface area contributed by atoms with Gasteiger partial charge in [0.2, 0.25) is 5.95 Å². The summed E-state index contributed by atoms with van der Waals surface area (Å²) in [7, 11) is 0. The number of nitrogens with zero attached hydrogens (tertiary/aromatic N) is 3. The second kappa shape index (κ2) is 10.1. The van der Waals surface area contributed by atoms with E-state index >= 15 is 0 Å². The number of amides is 1. The average Bonchev–Trinajstić information content (AvgIpc) is 3.12. The molecule has 3 aromatic rings. The van der Waals surface area contributed by atoms with Crippen LogP contribution in [-0.4, -0.2) is 46.6 Å². The van der Waals surface area contributed by atoms with Gasteiger partial charge in [-0.2, -0.15) is 26.3 Å². The fourth-order valence-corrected chi connectivity index (χ4v) is 6.09. The van der Waals surface area contributed by atoms with Gasteiger partial charge < -0.3 is 15.0 Å². The maximum atomic E-state index is 13.8. The Morgan fingerprint density at radius 1 is 1.16 bits per heavy atom. The zero-order valence-corrected chi connectivity index (χ0v) is 21.4. The Balaban J connectivity index is 1.45. The zero-order valence-electron chi connectivity index (χ0n) is 19.0. The molecule has 1 aromatic carbocycles. The molecule has 0 unspecified atom stereocenters. The van der Waals surface area contributed by atoms with Crippen LogP contribution < -0.4 is 14.8 Å². The molecule has 0 saturated heterocycles. The molecular formula is C22H16ClF6N5O2S2. The lowest BCUT2D eigenvalue weighted by Gasteiger charge is -2.30. The first-order valence-electron chi connectivity index (χ1n) is 11.0. The van der Waals surface area contributed by atoms with E-state index in [4.69, 9.17) is 16.3 Å². The number of rotatable bonds is 3. The number of hydrogen-bond acceptors (Lipinski definition) is 8. The van der Waals surface area contributed by atoms with Gasteiger partial charge in [0.15, 0.2) is 5.06 Å². The third-order valence-electron chi connectivity index (χ3n) is 5.69. The summed E-state index contributed by atoms with van der Waals surface area (Å²) in [4.78, 5) is 21.1. The van der Waals surface area contributed by atoms with Crippen LogP contribution in [0.25, 0.3) is 10.6 Å². The number of aromatic nitrogens is 2. The molecule has 0 aliphatic carbocycles. The number of ether oxygens (including phenoxy) is 1. The summed E-state index contributed by atoms with van der Waals surface area (Å²) < 4.78 is 88.5. The van der Waals surface area contributed by atoms with E-state index < -0.39 is 23.8 Å². The van der Waals surface area contributed by atoms with Crippen molar-refractivity contribution in [3.63, 3.8) is 0 Å². The molecule has 0 saturated carbocycles. The largest absolute Gasteiger partial charge is 0.482 e. The maximum Gasteiger partial charge on any atom is 0.471 e. The second-order valence-corrected chi connectivity index (χ2v) is 10.6. The summed E-state index contributed by atoms with van der Waals surface area (Å²) in [5.74, 6) is -2.09. The number of fused-ring (bicyclic) bond motifs is 2. The van der Waals surface area contributed by atoms with Gasteiger partial charge in [-0.05, 0) is 47.7 Å². The molecule has 0 radical (unpaired) electrons. The monoisotopic (exact) mass is 595 g/mol. The van der Waals surface area contributed by atoms with E-state index in [1.54, 1.807) is 12.1 Å². The minimum absolute atomic E-state index is 0.0776. The van der Waals surface area contributed by atoms with Gasteiger partial charge in [-0.1, -0.05) is 22.9 Å². The van der Waals surface area contributed by atoms with E-state index in [-0.39, 0.29) is 46.7 Å². The van der Waals surface area contributed by atoms with Crippen molar-refractivity contribution in [2.24, 2.45) is 0 Å². The van der Waals surface area contributed by atoms with Crippen molar-refractivity contribution < 1.29 is 35.9 Å². The smallest absolute Gasteiger partial charge is 0.471 e. The zero-order chi connectivity index (χ0) is 27.2. The molecule has 16 heteroatoms. The molecule has 4 heterocycles. The topological polar surface area (TPSA) is 79.4 Å². The van der Waals surface area contributed by atoms with Gasteiger partial charge in [-0.3, -0.25) is 9.52 Å². The number of carbonyl (C=O) groups is 1. The van der Waals surface area contributed by atoms with Crippen molar-refractivity contribution in [3.8, 4) is 15.6 Å². The molecular weight excluding hydrogens is 580 g/mol. The molecule has 0 fully saturated rings. The van der Waals surface area contributed by atoms with E-state index in [9.17, 15) is 31.1 Å². The molecule has 7 nitrogen and oxygen atoms in total. The van der Waals surface area contributed by atoms with Crippen LogP contribution in [0.4, 0.5) is 38.0 Å². The van der Waals surface area contributed by atoms with Crippen LogP contribution in [0, 0.1) is 0 Å². The first-order chi connectivity index (χ1) is 17.9. The van der Waals surface area contributed by atoms with Crippen molar-refractivity contribution in [1.29, 1.82) is 0 Å². The van der Waals surface area contributed by atoms with Gasteiger partial charge in [0.1, 0.15) is 12.2 Å². The minimum Gasteiger partial charge on any atom is -0.482 e. The van der Waals surface area contributed by atoms with Gasteiger partial charge in [0.25, 0.3) is 0 Å². The summed E-state index contributed by atoms with van der Waals surface area (Å²) >= 11 is 8.61. The summed E-state index contributed by atoms with van der Waals surface area (Å²) in [6.45, 7) is 0.522. The lowest BCUT2D eigenvalue weighted by Crippen LogP contribution is -2.43. The fraction of sp³-hybridized carbons (Fsp3) is 0.318. The lowest BCUT2D eigenvalue weighted by atomic mass is 9.99. The molecule has 0 bridgehead atoms. The Kier molecular flexibility index (Phi) is 7.13. The highest BCUT2D eigenvalue weighted by atomic mass is 35.5. The molecule has 202 valence electrons. The van der Waals surface area contributed by atoms with Crippen molar-refractivity contribution in [1.82, 2.24) is 19.6 Å². The average molecular weight is 596 g/mol. The molecule has 5 rings (SSSR count). The SMILES string of the molecule is O=C(N1CCc2cc(Nc3ncc(C(F)(F)F)c(-c4cc5c(s4)OCCNS5)n3)c(Cl)cc2C1)C(F)(F)F. The molecule has 2 aliphatic heterocycles. The maximum absolute atomic E-state index is 13.8. The first kappa shape index (κ1) is 26.8. The van der Waals surface area contributed by atoms with Crippen LogP contribution in [0.5, 0.6) is 5.06 Å². The lowest BCUT2D eigenvalue weighted by molar-refractivity contribution is -0.186. The number of thiophene rings is 1. The third-order valence-corrected chi connectivity index (χ3v) is 8.06. The van der Waals surface area contributed by atoms with Gasteiger partial charge >= 0.3 is 18.3 Å². The van der Waals surface area contributed by atoms with Crippen molar-refractivity contribution in [2.45, 2.75) is 30.2 Å². The summed E-state index contributed by atoms with van der Waals surface area (Å²) in [6, 6.07) is 4.54. The molecule has 2 N–H and O–H groups in total. The second-order valence-electron chi connectivity index (χ2n) is 8.26. The van der Waals surface area contributed by atoms with Crippen LogP contribution in [0.1, 0.15) is 16.7 Å². The molecule has 0 atom stereocenters. The molecule has 38 heavy (non-hydrogen) atoms. The number of halogens is 7. The summed E-state index contributed by atoms with van der Waals surface area (Å²) in [5.41, 5.74) is -0.0311. The number of carbonyl (C=O) groups excluding carboxylic acids is 1. The van der Waals surface area contributed by atoms with E-state index in [1.165, 1.54) is 18.0 Å². The Labute approximate surface area is 224 Å². The predicted molar refractivity (Wildman–Crippen MR) is 130 cm³/mol. The van der Waals surface area contributed by atoms with E-state index in [2.05, 4.69) is 20.0 Å². The van der Waals surface area contributed by atoms with Crippen LogP contribution in [-0.2, 0) is 23.9 Å². The molecule has 2 aromatic heterocycles. The predicted octanol–water partition coefficient (Wildman–Crippen LogP) is 6.06. The summed E-state index contributed by atoms with van der Waals surface area (Å²) in [6.07, 6.45) is -8.89. The van der Waals surface area contributed by atoms with Crippen LogP contribution in [0.15, 0.2) is 29.3 Å². The highest BCUT2D eigenvalue weighted by Gasteiger charge is 2.43. The minimum atomic E-state index is -4.98. The number of benzene rings is 1. The molecule has 1 amide bonds. The van der Waals surface area contributed by atoms with Crippen LogP contribution in [0.3, 0.4) is 0 Å². The quantitative estimate of drug-likeness (QED) is 0.282. The number of nitrogens with one attached hydrogen (secondary N) is 2. The highest BCUT2D eigenvalue weighted by Crippen LogP contribution is 2.45. The fourth-order valence-electron chi connectivity index (χ4n) is 3.95. The third kappa shape index (κ3) is 5.51. The van der Waals surface area contributed by atoms with Gasteiger partial charge in [-0.25, -0.2) is 9.97 Å². The van der Waals surface area contributed by atoms with Crippen molar-refractivity contribution >= 4 is 52.4 Å². The van der Waals surface area contributed by atoms with Gasteiger partial charge in [-0.15, -0.1) is 0 Å². The Morgan fingerprint density at radius 2 is 1.95 bits per heavy atom. The van der Waals surface area contributed by atoms with Crippen LogP contribution >= 0.6 is 34.9 Å². The van der Waals surface area contributed by atoms with Gasteiger partial charge in [0, 0.05) is 25.8 Å². The van der Waals surface area contributed by atoms with E-state index in [0.717, 1.165) is 11.3 Å². The standard InChI is InChI=1S/C22H16ClF6N5O2S2/c23-13-5-11-9-34(19(35)22(27,28)29)3-1-10(11)6-14(13)32-20-30-8-12(21(24,25)26)17(33-20)15-7-16-18(37-15)36-4-2-31-38-16/h5-8,31H,1-4,9H2,(H,30,32,33). The van der Waals surface area contributed by atoms with E-state index in [0.29, 0.717) is 45.3 Å². The highest BCUT2D eigenvalue weighted by molar-refractivity contribution is 7.97.